The van der Waals surface area contributed by atoms with Crippen molar-refractivity contribution in [1.29, 1.82) is 0 Å². The van der Waals surface area contributed by atoms with Crippen LogP contribution in [0, 0.1) is 0 Å². The van der Waals surface area contributed by atoms with Gasteiger partial charge in [-0.1, -0.05) is 41.4 Å². The first-order chi connectivity index (χ1) is 9.83. The van der Waals surface area contributed by atoms with Gasteiger partial charge in [-0.05, 0) is 46.2 Å². The predicted molar refractivity (Wildman–Crippen MR) is 100 cm³/mol. The number of unbranched alkanes of at least 4 members (excludes halogenated alkanes) is 1. The third-order valence-electron chi connectivity index (χ3n) is 4.59. The fourth-order valence-corrected chi connectivity index (χ4v) is 8.00. The van der Waals surface area contributed by atoms with Crippen molar-refractivity contribution in [2.45, 2.75) is 58.8 Å². The highest BCUT2D eigenvalue weighted by Gasteiger charge is 2.45. The number of carbonyl (C=O) groups is 1. The average molecular weight is 372 g/mol. The molecule has 0 aliphatic heterocycles. The first kappa shape index (κ1) is 18.8. The minimum Gasteiger partial charge on any atom is -0.290 e. The molecule has 0 amide bonds. The van der Waals surface area contributed by atoms with Gasteiger partial charge in [0.1, 0.15) is 6.16 Å². The van der Waals surface area contributed by atoms with Gasteiger partial charge in [0, 0.05) is 17.3 Å². The normalized spacial score (nSPS) is 12.2. The van der Waals surface area contributed by atoms with Crippen LogP contribution in [0.25, 0.3) is 0 Å². The lowest BCUT2D eigenvalue weighted by Crippen LogP contribution is -2.26. The quantitative estimate of drug-likeness (QED) is 0.388. The first-order valence-electron chi connectivity index (χ1n) is 7.98. The molecule has 1 aromatic rings. The lowest BCUT2D eigenvalue weighted by Gasteiger charge is -2.34. The zero-order valence-electron chi connectivity index (χ0n) is 14.0. The molecule has 0 radical (unpaired) electrons. The third kappa shape index (κ3) is 4.89. The highest BCUT2D eigenvalue weighted by Crippen LogP contribution is 2.67. The van der Waals surface area contributed by atoms with Gasteiger partial charge in [-0.3, -0.25) is 4.79 Å². The Labute approximate surface area is 139 Å². The van der Waals surface area contributed by atoms with Crippen LogP contribution >= 0.6 is 23.2 Å². The molecule has 0 saturated heterocycles. The highest BCUT2D eigenvalue weighted by atomic mass is 79.9. The second-order valence-corrected chi connectivity index (χ2v) is 12.4. The zero-order chi connectivity index (χ0) is 16.0. The molecule has 0 unspecified atom stereocenters. The molecule has 21 heavy (non-hydrogen) atoms. The summed E-state index contributed by atoms with van der Waals surface area (Å²) < 4.78 is 1.03. The average Bonchev–Trinajstić information content (AvgIpc) is 2.43. The van der Waals surface area contributed by atoms with Crippen molar-refractivity contribution in [2.24, 2.45) is 0 Å². The van der Waals surface area contributed by atoms with Gasteiger partial charge < -0.3 is 0 Å². The Morgan fingerprint density at radius 1 is 1.10 bits per heavy atom. The number of halogens is 1. The molecular formula is C18H29BrOP+. The lowest BCUT2D eigenvalue weighted by molar-refractivity contribution is 0.102. The van der Waals surface area contributed by atoms with E-state index in [1.54, 1.807) is 0 Å². The van der Waals surface area contributed by atoms with Crippen molar-refractivity contribution >= 4 is 29.0 Å². The van der Waals surface area contributed by atoms with E-state index in [4.69, 9.17) is 0 Å². The number of Topliss-reactive ketones (excluding diaryl/α,β-unsaturated/α-hetero) is 1. The second-order valence-electron chi connectivity index (χ2n) is 6.46. The highest BCUT2D eigenvalue weighted by molar-refractivity contribution is 9.10. The van der Waals surface area contributed by atoms with E-state index in [1.807, 2.05) is 24.3 Å². The molecule has 1 aromatic carbocycles. The van der Waals surface area contributed by atoms with Crippen LogP contribution in [0.3, 0.4) is 0 Å². The zero-order valence-corrected chi connectivity index (χ0v) is 16.5. The molecule has 0 saturated carbocycles. The van der Waals surface area contributed by atoms with Crippen LogP contribution in [-0.2, 0) is 0 Å². The predicted octanol–water partition coefficient (Wildman–Crippen LogP) is 6.27. The van der Waals surface area contributed by atoms with E-state index in [0.717, 1.165) is 16.2 Å². The molecular weight excluding hydrogens is 343 g/mol. The SMILES string of the molecule is CCCC[P+](CC(=O)c1ccc(Br)cc1)(C(C)C)C(C)C. The summed E-state index contributed by atoms with van der Waals surface area (Å²) in [5, 5.41) is 0. The van der Waals surface area contributed by atoms with Gasteiger partial charge in [-0.25, -0.2) is 0 Å². The molecule has 0 atom stereocenters. The van der Waals surface area contributed by atoms with E-state index in [-0.39, 0.29) is 0 Å². The molecule has 1 nitrogen and oxygen atoms in total. The van der Waals surface area contributed by atoms with Crippen LogP contribution in [0.1, 0.15) is 57.8 Å². The van der Waals surface area contributed by atoms with Crippen molar-refractivity contribution in [3.05, 3.63) is 34.3 Å². The van der Waals surface area contributed by atoms with Gasteiger partial charge in [0.15, 0.2) is 5.78 Å². The molecule has 0 fully saturated rings. The van der Waals surface area contributed by atoms with Gasteiger partial charge >= 0.3 is 0 Å². The van der Waals surface area contributed by atoms with E-state index in [9.17, 15) is 4.79 Å². The Hall–Kier alpha value is -0.200. The lowest BCUT2D eigenvalue weighted by atomic mass is 10.2. The van der Waals surface area contributed by atoms with Gasteiger partial charge in [0.25, 0.3) is 0 Å². The van der Waals surface area contributed by atoms with E-state index in [2.05, 4.69) is 50.5 Å². The van der Waals surface area contributed by atoms with Crippen molar-refractivity contribution < 1.29 is 4.79 Å². The van der Waals surface area contributed by atoms with E-state index in [0.29, 0.717) is 17.1 Å². The fraction of sp³-hybridized carbons (Fsp3) is 0.611. The van der Waals surface area contributed by atoms with E-state index < -0.39 is 7.26 Å². The molecule has 0 aliphatic rings. The van der Waals surface area contributed by atoms with Crippen molar-refractivity contribution in [3.8, 4) is 0 Å². The summed E-state index contributed by atoms with van der Waals surface area (Å²) in [7, 11) is -1.25. The van der Waals surface area contributed by atoms with Gasteiger partial charge in [-0.2, -0.15) is 0 Å². The van der Waals surface area contributed by atoms with Crippen molar-refractivity contribution in [2.75, 3.05) is 12.3 Å². The van der Waals surface area contributed by atoms with Crippen molar-refractivity contribution in [3.63, 3.8) is 0 Å². The number of carbonyl (C=O) groups excluding carboxylic acids is 1. The summed E-state index contributed by atoms with van der Waals surface area (Å²) in [5.74, 6) is 0.328. The van der Waals surface area contributed by atoms with E-state index >= 15 is 0 Å². The number of ketones is 1. The first-order valence-corrected chi connectivity index (χ1v) is 11.1. The maximum absolute atomic E-state index is 12.8. The van der Waals surface area contributed by atoms with Crippen LogP contribution < -0.4 is 0 Å². The van der Waals surface area contributed by atoms with Crippen LogP contribution in [0.4, 0.5) is 0 Å². The number of hydrogen-bond donors (Lipinski definition) is 0. The minimum atomic E-state index is -1.25. The van der Waals surface area contributed by atoms with Gasteiger partial charge in [0.05, 0.1) is 17.5 Å². The monoisotopic (exact) mass is 371 g/mol. The molecule has 0 spiro atoms. The van der Waals surface area contributed by atoms with Crippen LogP contribution in [0.5, 0.6) is 0 Å². The topological polar surface area (TPSA) is 17.1 Å². The molecule has 0 aromatic heterocycles. The largest absolute Gasteiger partial charge is 0.290 e. The maximum Gasteiger partial charge on any atom is 0.199 e. The third-order valence-corrected chi connectivity index (χ3v) is 11.3. The van der Waals surface area contributed by atoms with Crippen LogP contribution in [0.15, 0.2) is 28.7 Å². The summed E-state index contributed by atoms with van der Waals surface area (Å²) in [5.41, 5.74) is 2.12. The number of rotatable bonds is 8. The summed E-state index contributed by atoms with van der Waals surface area (Å²) in [4.78, 5) is 12.8. The summed E-state index contributed by atoms with van der Waals surface area (Å²) in [6.07, 6.45) is 4.48. The standard InChI is InChI=1S/C18H29BrOP/c1-6-7-12-21(14(2)3,15(4)5)13-18(20)16-8-10-17(19)11-9-16/h8-11,14-15H,6-7,12-13H2,1-5H3/q+1. The molecule has 0 N–H and O–H groups in total. The van der Waals surface area contributed by atoms with E-state index in [1.165, 1.54) is 19.0 Å². The van der Waals surface area contributed by atoms with Crippen LogP contribution in [0.2, 0.25) is 0 Å². The Morgan fingerprint density at radius 3 is 2.05 bits per heavy atom. The minimum absolute atomic E-state index is 0.328. The van der Waals surface area contributed by atoms with Crippen molar-refractivity contribution in [1.82, 2.24) is 0 Å². The Morgan fingerprint density at radius 2 is 1.62 bits per heavy atom. The molecule has 3 heteroatoms. The summed E-state index contributed by atoms with van der Waals surface area (Å²) >= 11 is 3.43. The maximum atomic E-state index is 12.8. The van der Waals surface area contributed by atoms with Gasteiger partial charge in [-0.15, -0.1) is 0 Å². The molecule has 1 rings (SSSR count). The summed E-state index contributed by atoms with van der Waals surface area (Å²) in [6.45, 7) is 11.5. The molecule has 0 heterocycles. The Kier molecular flexibility index (Phi) is 7.57. The molecule has 0 aliphatic carbocycles. The van der Waals surface area contributed by atoms with Crippen LogP contribution in [-0.4, -0.2) is 29.4 Å². The molecule has 0 bridgehead atoms. The smallest absolute Gasteiger partial charge is 0.199 e. The number of benzene rings is 1. The Balaban J connectivity index is 2.99. The molecule has 118 valence electrons. The second kappa shape index (κ2) is 8.44. The number of hydrogen-bond acceptors (Lipinski definition) is 1. The summed E-state index contributed by atoms with van der Waals surface area (Å²) in [6, 6.07) is 7.82. The Bertz CT molecular complexity index is 443. The van der Waals surface area contributed by atoms with Gasteiger partial charge in [0.2, 0.25) is 0 Å². The fourth-order valence-electron chi connectivity index (χ4n) is 3.00.